The molecular formula is C11H19ClN4. The third kappa shape index (κ3) is 3.32. The topological polar surface area (TPSA) is 55.0 Å². The predicted octanol–water partition coefficient (Wildman–Crippen LogP) is 2.08. The molecule has 0 atom stereocenters. The van der Waals surface area contributed by atoms with Gasteiger partial charge in [-0.05, 0) is 12.8 Å². The lowest BCUT2D eigenvalue weighted by Crippen LogP contribution is -2.39. The number of hydrogen-bond donors (Lipinski definition) is 1. The van der Waals surface area contributed by atoms with Crippen molar-refractivity contribution in [3.05, 3.63) is 17.4 Å². The first-order valence-corrected chi connectivity index (χ1v) is 6.04. The number of nitrogens with zero attached hydrogens (tertiary/aromatic N) is 3. The molecule has 0 amide bonds. The van der Waals surface area contributed by atoms with Gasteiger partial charge in [0.05, 0.1) is 17.4 Å². The third-order valence-corrected chi connectivity index (χ3v) is 2.81. The van der Waals surface area contributed by atoms with Crippen LogP contribution in [-0.2, 0) is 0 Å². The number of aromatic nitrogens is 2. The van der Waals surface area contributed by atoms with Gasteiger partial charge in [-0.15, -0.1) is 0 Å². The van der Waals surface area contributed by atoms with Gasteiger partial charge >= 0.3 is 0 Å². The van der Waals surface area contributed by atoms with Gasteiger partial charge in [0.1, 0.15) is 0 Å². The fraction of sp³-hybridized carbons (Fsp3) is 0.636. The number of rotatable bonds is 6. The first kappa shape index (κ1) is 13.2. The van der Waals surface area contributed by atoms with E-state index >= 15 is 0 Å². The summed E-state index contributed by atoms with van der Waals surface area (Å²) in [4.78, 5) is 10.6. The average Bonchev–Trinajstić information content (AvgIpc) is 2.31. The molecule has 0 radical (unpaired) electrons. The molecule has 0 aliphatic heterocycles. The van der Waals surface area contributed by atoms with Crippen LogP contribution >= 0.6 is 11.6 Å². The van der Waals surface area contributed by atoms with Crippen molar-refractivity contribution in [2.24, 2.45) is 5.73 Å². The fourth-order valence-electron chi connectivity index (χ4n) is 1.77. The summed E-state index contributed by atoms with van der Waals surface area (Å²) in [5, 5.41) is 0.556. The highest BCUT2D eigenvalue weighted by Crippen LogP contribution is 2.16. The number of halogens is 1. The van der Waals surface area contributed by atoms with Crippen molar-refractivity contribution >= 4 is 17.5 Å². The van der Waals surface area contributed by atoms with Crippen molar-refractivity contribution in [3.63, 3.8) is 0 Å². The summed E-state index contributed by atoms with van der Waals surface area (Å²) in [6.07, 6.45) is 5.36. The van der Waals surface area contributed by atoms with E-state index in [9.17, 15) is 0 Å². The average molecular weight is 243 g/mol. The van der Waals surface area contributed by atoms with Crippen LogP contribution in [0.5, 0.6) is 0 Å². The predicted molar refractivity (Wildman–Crippen MR) is 67.8 cm³/mol. The van der Waals surface area contributed by atoms with E-state index in [4.69, 9.17) is 17.3 Å². The Morgan fingerprint density at radius 3 is 2.31 bits per heavy atom. The molecular weight excluding hydrogens is 224 g/mol. The highest BCUT2D eigenvalue weighted by Gasteiger charge is 2.16. The van der Waals surface area contributed by atoms with Crippen LogP contribution < -0.4 is 10.6 Å². The van der Waals surface area contributed by atoms with E-state index in [2.05, 4.69) is 28.7 Å². The van der Waals surface area contributed by atoms with E-state index < -0.39 is 0 Å². The minimum Gasteiger partial charge on any atom is -0.337 e. The zero-order valence-corrected chi connectivity index (χ0v) is 10.6. The number of nitrogens with two attached hydrogens (primary N) is 1. The van der Waals surface area contributed by atoms with E-state index in [1.807, 2.05) is 0 Å². The normalized spacial score (nSPS) is 10.8. The Kier molecular flexibility index (Phi) is 5.49. The lowest BCUT2D eigenvalue weighted by Gasteiger charge is -2.30. The Hall–Kier alpha value is -0.870. The van der Waals surface area contributed by atoms with Crippen molar-refractivity contribution in [1.29, 1.82) is 0 Å². The van der Waals surface area contributed by atoms with E-state index in [1.165, 1.54) is 0 Å². The van der Waals surface area contributed by atoms with Gasteiger partial charge in [-0.3, -0.25) is 0 Å². The lowest BCUT2D eigenvalue weighted by atomic mass is 10.1. The maximum Gasteiger partial charge on any atom is 0.225 e. The van der Waals surface area contributed by atoms with E-state index in [-0.39, 0.29) is 0 Å². The zero-order chi connectivity index (χ0) is 12.0. The van der Waals surface area contributed by atoms with Crippen LogP contribution in [0.4, 0.5) is 5.95 Å². The highest BCUT2D eigenvalue weighted by atomic mass is 35.5. The maximum absolute atomic E-state index is 5.77. The van der Waals surface area contributed by atoms with Gasteiger partial charge < -0.3 is 10.6 Å². The Morgan fingerprint density at radius 2 is 1.88 bits per heavy atom. The fourth-order valence-corrected chi connectivity index (χ4v) is 1.87. The molecule has 90 valence electrons. The molecule has 1 aromatic heterocycles. The van der Waals surface area contributed by atoms with Crippen LogP contribution in [-0.4, -0.2) is 29.1 Å². The van der Waals surface area contributed by atoms with Crippen molar-refractivity contribution < 1.29 is 0 Å². The Bertz CT molecular complexity index is 297. The first-order valence-electron chi connectivity index (χ1n) is 5.67. The molecule has 1 heterocycles. The molecule has 0 bridgehead atoms. The van der Waals surface area contributed by atoms with Crippen LogP contribution in [0.1, 0.15) is 26.7 Å². The van der Waals surface area contributed by atoms with E-state index in [0.717, 1.165) is 19.4 Å². The van der Waals surface area contributed by atoms with Crippen LogP contribution in [0, 0.1) is 0 Å². The summed E-state index contributed by atoms with van der Waals surface area (Å²) >= 11 is 5.77. The summed E-state index contributed by atoms with van der Waals surface area (Å²) < 4.78 is 0. The molecule has 1 rings (SSSR count). The summed E-state index contributed by atoms with van der Waals surface area (Å²) in [5.41, 5.74) is 5.62. The van der Waals surface area contributed by atoms with Gasteiger partial charge in [-0.1, -0.05) is 25.4 Å². The van der Waals surface area contributed by atoms with Crippen LogP contribution in [0.25, 0.3) is 0 Å². The van der Waals surface area contributed by atoms with Gasteiger partial charge in [0, 0.05) is 19.1 Å². The summed E-state index contributed by atoms with van der Waals surface area (Å²) in [6.45, 7) is 5.69. The third-order valence-electron chi connectivity index (χ3n) is 2.62. The molecule has 0 unspecified atom stereocenters. The maximum atomic E-state index is 5.77. The molecule has 0 fully saturated rings. The van der Waals surface area contributed by atoms with Gasteiger partial charge in [-0.2, -0.15) is 0 Å². The van der Waals surface area contributed by atoms with Gasteiger partial charge in [0.15, 0.2) is 0 Å². The molecule has 0 saturated heterocycles. The smallest absolute Gasteiger partial charge is 0.225 e. The zero-order valence-electron chi connectivity index (χ0n) is 9.86. The molecule has 0 aliphatic carbocycles. The molecule has 0 saturated carbocycles. The molecule has 16 heavy (non-hydrogen) atoms. The molecule has 0 spiro atoms. The van der Waals surface area contributed by atoms with Crippen molar-refractivity contribution in [2.75, 3.05) is 18.0 Å². The minimum atomic E-state index is 0.435. The van der Waals surface area contributed by atoms with Gasteiger partial charge in [0.25, 0.3) is 0 Å². The molecule has 5 heteroatoms. The second-order valence-electron chi connectivity index (χ2n) is 3.65. The van der Waals surface area contributed by atoms with E-state index in [0.29, 0.717) is 23.6 Å². The summed E-state index contributed by atoms with van der Waals surface area (Å²) in [7, 11) is 0. The first-order chi connectivity index (χ1) is 7.72. The minimum absolute atomic E-state index is 0.435. The summed E-state index contributed by atoms with van der Waals surface area (Å²) in [5.74, 6) is 0.712. The van der Waals surface area contributed by atoms with Gasteiger partial charge in [0.2, 0.25) is 5.95 Å². The molecule has 0 aromatic carbocycles. The van der Waals surface area contributed by atoms with Gasteiger partial charge in [-0.25, -0.2) is 9.97 Å². The SMILES string of the molecule is CCC(CC)N(CCN)c1ncc(Cl)cn1. The second-order valence-corrected chi connectivity index (χ2v) is 4.09. The quantitative estimate of drug-likeness (QED) is 0.830. The second kappa shape index (κ2) is 6.66. The monoisotopic (exact) mass is 242 g/mol. The van der Waals surface area contributed by atoms with Crippen LogP contribution in [0.15, 0.2) is 12.4 Å². The Labute approximate surface area is 102 Å². The van der Waals surface area contributed by atoms with Crippen molar-refractivity contribution in [3.8, 4) is 0 Å². The molecule has 4 nitrogen and oxygen atoms in total. The van der Waals surface area contributed by atoms with Crippen molar-refractivity contribution in [1.82, 2.24) is 9.97 Å². The Balaban J connectivity index is 2.87. The Morgan fingerprint density at radius 1 is 1.31 bits per heavy atom. The van der Waals surface area contributed by atoms with Crippen LogP contribution in [0.2, 0.25) is 5.02 Å². The standard InChI is InChI=1S/C11H19ClN4/c1-3-10(4-2)16(6-5-13)11-14-7-9(12)8-15-11/h7-8,10H,3-6,13H2,1-2H3. The van der Waals surface area contributed by atoms with E-state index in [1.54, 1.807) is 12.4 Å². The largest absolute Gasteiger partial charge is 0.337 e. The number of hydrogen-bond acceptors (Lipinski definition) is 4. The molecule has 1 aromatic rings. The highest BCUT2D eigenvalue weighted by molar-refractivity contribution is 6.30. The van der Waals surface area contributed by atoms with Crippen molar-refractivity contribution in [2.45, 2.75) is 32.7 Å². The lowest BCUT2D eigenvalue weighted by molar-refractivity contribution is 0.548. The molecule has 2 N–H and O–H groups in total. The van der Waals surface area contributed by atoms with Crippen LogP contribution in [0.3, 0.4) is 0 Å². The summed E-state index contributed by atoms with van der Waals surface area (Å²) in [6, 6.07) is 0.435. The number of anilines is 1. The molecule has 0 aliphatic rings.